The zero-order chi connectivity index (χ0) is 9.26. The summed E-state index contributed by atoms with van der Waals surface area (Å²) in [5.41, 5.74) is -0.0281. The van der Waals surface area contributed by atoms with Crippen LogP contribution < -0.4 is 10.4 Å². The highest BCUT2D eigenvalue weighted by molar-refractivity contribution is 5.77. The molecule has 0 unspecified atom stereocenters. The SMILES string of the molecule is O=Cc1cnc(=O)n2c1OCCC2. The third kappa shape index (κ3) is 1.22. The second-order valence-corrected chi connectivity index (χ2v) is 2.77. The third-order valence-electron chi connectivity index (χ3n) is 1.93. The lowest BCUT2D eigenvalue weighted by Gasteiger charge is -2.18. The summed E-state index contributed by atoms with van der Waals surface area (Å²) in [5, 5.41) is 0. The first kappa shape index (κ1) is 7.97. The van der Waals surface area contributed by atoms with E-state index in [1.807, 2.05) is 0 Å². The minimum Gasteiger partial charge on any atom is -0.478 e. The van der Waals surface area contributed by atoms with Crippen LogP contribution in [0.5, 0.6) is 5.88 Å². The lowest BCUT2D eigenvalue weighted by molar-refractivity contribution is 0.111. The second-order valence-electron chi connectivity index (χ2n) is 2.77. The summed E-state index contributed by atoms with van der Waals surface area (Å²) in [7, 11) is 0. The minimum absolute atomic E-state index is 0.333. The molecule has 1 aromatic heterocycles. The quantitative estimate of drug-likeness (QED) is 0.563. The molecule has 1 aliphatic heterocycles. The van der Waals surface area contributed by atoms with Crippen molar-refractivity contribution in [1.29, 1.82) is 0 Å². The largest absolute Gasteiger partial charge is 0.478 e. The summed E-state index contributed by atoms with van der Waals surface area (Å²) in [6, 6.07) is 0. The number of carbonyl (C=O) groups is 1. The van der Waals surface area contributed by atoms with Crippen molar-refractivity contribution in [2.75, 3.05) is 6.61 Å². The van der Waals surface area contributed by atoms with Gasteiger partial charge in [0.05, 0.1) is 12.2 Å². The third-order valence-corrected chi connectivity index (χ3v) is 1.93. The lowest BCUT2D eigenvalue weighted by atomic mass is 10.3. The first-order valence-corrected chi connectivity index (χ1v) is 4.01. The van der Waals surface area contributed by atoms with Gasteiger partial charge in [0.2, 0.25) is 5.88 Å². The van der Waals surface area contributed by atoms with Gasteiger partial charge in [-0.2, -0.15) is 0 Å². The summed E-state index contributed by atoms with van der Waals surface area (Å²) in [4.78, 5) is 25.3. The summed E-state index contributed by atoms with van der Waals surface area (Å²) in [6.07, 6.45) is 2.66. The number of hydrogen-bond acceptors (Lipinski definition) is 4. The number of carbonyl (C=O) groups excluding carboxylic acids is 1. The number of nitrogens with zero attached hydrogens (tertiary/aromatic N) is 2. The van der Waals surface area contributed by atoms with E-state index in [1.165, 1.54) is 10.8 Å². The van der Waals surface area contributed by atoms with Crippen LogP contribution >= 0.6 is 0 Å². The average Bonchev–Trinajstić information content (AvgIpc) is 2.19. The minimum atomic E-state index is -0.361. The van der Waals surface area contributed by atoms with Gasteiger partial charge in [-0.3, -0.25) is 9.36 Å². The van der Waals surface area contributed by atoms with Crippen LogP contribution in [0.15, 0.2) is 11.0 Å². The van der Waals surface area contributed by atoms with E-state index < -0.39 is 0 Å². The highest BCUT2D eigenvalue weighted by atomic mass is 16.5. The van der Waals surface area contributed by atoms with Gasteiger partial charge in [-0.25, -0.2) is 9.78 Å². The van der Waals surface area contributed by atoms with Crippen molar-refractivity contribution in [3.8, 4) is 5.88 Å². The van der Waals surface area contributed by atoms with E-state index in [1.54, 1.807) is 0 Å². The Morgan fingerprint density at radius 3 is 3.23 bits per heavy atom. The fraction of sp³-hybridized carbons (Fsp3) is 0.375. The molecule has 0 amide bonds. The zero-order valence-corrected chi connectivity index (χ0v) is 6.90. The van der Waals surface area contributed by atoms with Gasteiger partial charge in [0, 0.05) is 12.7 Å². The van der Waals surface area contributed by atoms with Gasteiger partial charge in [-0.1, -0.05) is 0 Å². The molecule has 0 saturated carbocycles. The van der Waals surface area contributed by atoms with E-state index >= 15 is 0 Å². The number of hydrogen-bond donors (Lipinski definition) is 0. The van der Waals surface area contributed by atoms with Gasteiger partial charge in [0.15, 0.2) is 6.29 Å². The first-order valence-electron chi connectivity index (χ1n) is 4.01. The standard InChI is InChI=1S/C8H8N2O3/c11-5-6-4-9-8(12)10-2-1-3-13-7(6)10/h4-5H,1-3H2. The molecule has 5 nitrogen and oxygen atoms in total. The van der Waals surface area contributed by atoms with Crippen molar-refractivity contribution in [3.63, 3.8) is 0 Å². The molecule has 1 aliphatic rings. The van der Waals surface area contributed by atoms with E-state index in [-0.39, 0.29) is 5.69 Å². The Hall–Kier alpha value is -1.65. The van der Waals surface area contributed by atoms with Gasteiger partial charge >= 0.3 is 5.69 Å². The van der Waals surface area contributed by atoms with E-state index in [0.717, 1.165) is 6.42 Å². The van der Waals surface area contributed by atoms with Crippen molar-refractivity contribution in [2.45, 2.75) is 13.0 Å². The molecule has 0 spiro atoms. The highest BCUT2D eigenvalue weighted by Crippen LogP contribution is 2.17. The maximum atomic E-state index is 11.2. The van der Waals surface area contributed by atoms with Gasteiger partial charge in [-0.15, -0.1) is 0 Å². The smallest absolute Gasteiger partial charge is 0.350 e. The summed E-state index contributed by atoms with van der Waals surface area (Å²) >= 11 is 0. The molecular formula is C8H8N2O3. The molecule has 2 rings (SSSR count). The Balaban J connectivity index is 2.65. The molecule has 2 heterocycles. The van der Waals surface area contributed by atoms with Crippen molar-refractivity contribution < 1.29 is 9.53 Å². The monoisotopic (exact) mass is 180 g/mol. The van der Waals surface area contributed by atoms with Crippen molar-refractivity contribution in [2.24, 2.45) is 0 Å². The fourth-order valence-electron chi connectivity index (χ4n) is 1.32. The maximum Gasteiger partial charge on any atom is 0.350 e. The van der Waals surface area contributed by atoms with Crippen LogP contribution in [0.2, 0.25) is 0 Å². The molecule has 0 radical (unpaired) electrons. The summed E-state index contributed by atoms with van der Waals surface area (Å²) < 4.78 is 6.60. The second kappa shape index (κ2) is 3.01. The Kier molecular flexibility index (Phi) is 1.84. The van der Waals surface area contributed by atoms with Gasteiger partial charge in [0.1, 0.15) is 0 Å². The van der Waals surface area contributed by atoms with E-state index in [9.17, 15) is 9.59 Å². The van der Waals surface area contributed by atoms with Crippen LogP contribution in [0, 0.1) is 0 Å². The predicted molar refractivity (Wildman–Crippen MR) is 44.0 cm³/mol. The molecule has 0 aliphatic carbocycles. The van der Waals surface area contributed by atoms with Crippen LogP contribution in [-0.2, 0) is 6.54 Å². The fourth-order valence-corrected chi connectivity index (χ4v) is 1.32. The first-order chi connectivity index (χ1) is 6.33. The number of aromatic nitrogens is 2. The molecule has 0 saturated heterocycles. The zero-order valence-electron chi connectivity index (χ0n) is 6.90. The molecule has 0 aromatic carbocycles. The van der Waals surface area contributed by atoms with E-state index in [0.29, 0.717) is 30.9 Å². The molecule has 68 valence electrons. The number of aldehydes is 1. The molecule has 1 aromatic rings. The molecule has 5 heteroatoms. The van der Waals surface area contributed by atoms with Gasteiger partial charge in [0.25, 0.3) is 0 Å². The molecule has 0 fully saturated rings. The molecular weight excluding hydrogens is 172 g/mol. The number of ether oxygens (including phenoxy) is 1. The van der Waals surface area contributed by atoms with Gasteiger partial charge < -0.3 is 4.74 Å². The Bertz CT molecular complexity index is 397. The number of fused-ring (bicyclic) bond motifs is 1. The normalized spacial score (nSPS) is 14.5. The Morgan fingerprint density at radius 1 is 1.62 bits per heavy atom. The summed E-state index contributed by atoms with van der Waals surface area (Å²) in [5.74, 6) is 0.348. The van der Waals surface area contributed by atoms with Crippen LogP contribution in [0.4, 0.5) is 0 Å². The van der Waals surface area contributed by atoms with Crippen LogP contribution in [0.1, 0.15) is 16.8 Å². The average molecular weight is 180 g/mol. The van der Waals surface area contributed by atoms with Crippen molar-refractivity contribution in [1.82, 2.24) is 9.55 Å². The maximum absolute atomic E-state index is 11.2. The summed E-state index contributed by atoms with van der Waals surface area (Å²) in [6.45, 7) is 1.12. The van der Waals surface area contributed by atoms with E-state index in [4.69, 9.17) is 4.74 Å². The molecule has 0 N–H and O–H groups in total. The molecule has 13 heavy (non-hydrogen) atoms. The number of rotatable bonds is 1. The van der Waals surface area contributed by atoms with Gasteiger partial charge in [-0.05, 0) is 6.42 Å². The topological polar surface area (TPSA) is 61.2 Å². The van der Waals surface area contributed by atoms with Crippen molar-refractivity contribution >= 4 is 6.29 Å². The van der Waals surface area contributed by atoms with E-state index in [2.05, 4.69) is 4.98 Å². The molecule has 0 atom stereocenters. The molecule has 0 bridgehead atoms. The van der Waals surface area contributed by atoms with Crippen LogP contribution in [0.3, 0.4) is 0 Å². The van der Waals surface area contributed by atoms with Crippen LogP contribution in [-0.4, -0.2) is 22.4 Å². The Labute approximate surface area is 74.0 Å². The lowest BCUT2D eigenvalue weighted by Crippen LogP contribution is -2.29. The van der Waals surface area contributed by atoms with Crippen molar-refractivity contribution in [3.05, 3.63) is 22.2 Å². The Morgan fingerprint density at radius 2 is 2.46 bits per heavy atom. The predicted octanol–water partition coefficient (Wildman–Crippen LogP) is -0.162. The highest BCUT2D eigenvalue weighted by Gasteiger charge is 2.15. The van der Waals surface area contributed by atoms with Crippen LogP contribution in [0.25, 0.3) is 0 Å².